The monoisotopic (exact) mass is 294 g/mol. The lowest BCUT2D eigenvalue weighted by molar-refractivity contribution is 0.942. The van der Waals surface area contributed by atoms with Crippen LogP contribution in [0.5, 0.6) is 0 Å². The van der Waals surface area contributed by atoms with Gasteiger partial charge in [0.25, 0.3) is 0 Å². The summed E-state index contributed by atoms with van der Waals surface area (Å²) in [6.07, 6.45) is 0. The van der Waals surface area contributed by atoms with Crippen molar-refractivity contribution in [2.75, 3.05) is 0 Å². The minimum atomic E-state index is 0.737. The SMILES string of the molecule is Cc1cccc(-c2n[nH]nc2-c2ccc3nsnc3c2)n1. The van der Waals surface area contributed by atoms with E-state index in [0.717, 1.165) is 39.4 Å². The third-order valence-electron chi connectivity index (χ3n) is 3.21. The molecule has 0 bridgehead atoms. The standard InChI is InChI=1S/C14H10N6S/c1-8-3-2-4-11(15-8)14-13(16-20-17-14)9-5-6-10-12(7-9)19-21-18-10/h2-7H,1H3,(H,16,17,20). The van der Waals surface area contributed by atoms with E-state index in [1.165, 1.54) is 11.7 Å². The number of nitrogens with one attached hydrogen (secondary N) is 1. The summed E-state index contributed by atoms with van der Waals surface area (Å²) in [6, 6.07) is 11.7. The van der Waals surface area contributed by atoms with Gasteiger partial charge in [-0.15, -0.1) is 0 Å². The third kappa shape index (κ3) is 2.07. The Morgan fingerprint density at radius 2 is 1.81 bits per heavy atom. The Kier molecular flexibility index (Phi) is 2.71. The zero-order valence-electron chi connectivity index (χ0n) is 11.1. The maximum Gasteiger partial charge on any atom is 0.139 e. The van der Waals surface area contributed by atoms with Crippen LogP contribution < -0.4 is 0 Å². The zero-order chi connectivity index (χ0) is 14.2. The van der Waals surface area contributed by atoms with Gasteiger partial charge in [-0.3, -0.25) is 4.98 Å². The van der Waals surface area contributed by atoms with E-state index in [-0.39, 0.29) is 0 Å². The molecule has 4 rings (SSSR count). The fourth-order valence-corrected chi connectivity index (χ4v) is 2.73. The van der Waals surface area contributed by atoms with E-state index in [2.05, 4.69) is 29.1 Å². The molecule has 6 nitrogen and oxygen atoms in total. The lowest BCUT2D eigenvalue weighted by atomic mass is 10.1. The van der Waals surface area contributed by atoms with E-state index in [1.807, 2.05) is 43.3 Å². The Hall–Kier alpha value is -2.67. The van der Waals surface area contributed by atoms with E-state index in [9.17, 15) is 0 Å². The molecule has 0 atom stereocenters. The second-order valence-corrected chi connectivity index (χ2v) is 5.18. The normalized spacial score (nSPS) is 11.1. The van der Waals surface area contributed by atoms with Gasteiger partial charge in [-0.2, -0.15) is 24.2 Å². The number of pyridine rings is 1. The molecule has 21 heavy (non-hydrogen) atoms. The van der Waals surface area contributed by atoms with Gasteiger partial charge >= 0.3 is 0 Å². The van der Waals surface area contributed by atoms with Gasteiger partial charge in [-0.05, 0) is 31.2 Å². The third-order valence-corrected chi connectivity index (χ3v) is 3.76. The number of fused-ring (bicyclic) bond motifs is 1. The Morgan fingerprint density at radius 1 is 0.952 bits per heavy atom. The van der Waals surface area contributed by atoms with Crippen molar-refractivity contribution in [1.29, 1.82) is 0 Å². The molecule has 0 aliphatic rings. The van der Waals surface area contributed by atoms with Crippen LogP contribution in [-0.2, 0) is 0 Å². The number of aromatic amines is 1. The highest BCUT2D eigenvalue weighted by molar-refractivity contribution is 7.00. The topological polar surface area (TPSA) is 80.2 Å². The van der Waals surface area contributed by atoms with Crippen molar-refractivity contribution in [2.24, 2.45) is 0 Å². The molecule has 0 unspecified atom stereocenters. The molecule has 102 valence electrons. The molecule has 0 aliphatic carbocycles. The van der Waals surface area contributed by atoms with Crippen LogP contribution in [0.4, 0.5) is 0 Å². The van der Waals surface area contributed by atoms with Crippen LogP contribution in [0.25, 0.3) is 33.7 Å². The summed E-state index contributed by atoms with van der Waals surface area (Å²) in [5.74, 6) is 0. The first-order valence-electron chi connectivity index (χ1n) is 6.39. The summed E-state index contributed by atoms with van der Waals surface area (Å²) in [5.41, 5.74) is 5.95. The lowest BCUT2D eigenvalue weighted by Crippen LogP contribution is -1.89. The van der Waals surface area contributed by atoms with E-state index < -0.39 is 0 Å². The summed E-state index contributed by atoms with van der Waals surface area (Å²) in [4.78, 5) is 4.51. The summed E-state index contributed by atoms with van der Waals surface area (Å²) in [7, 11) is 0. The first-order chi connectivity index (χ1) is 10.3. The molecule has 4 aromatic rings. The smallest absolute Gasteiger partial charge is 0.139 e. The number of hydrogen-bond acceptors (Lipinski definition) is 6. The number of benzene rings is 1. The summed E-state index contributed by atoms with van der Waals surface area (Å²) >= 11 is 1.21. The van der Waals surface area contributed by atoms with E-state index in [1.54, 1.807) is 0 Å². The van der Waals surface area contributed by atoms with Gasteiger partial charge in [0.1, 0.15) is 22.4 Å². The largest absolute Gasteiger partial charge is 0.251 e. The fraction of sp³-hybridized carbons (Fsp3) is 0.0714. The molecule has 0 aliphatic heterocycles. The molecule has 3 heterocycles. The molecule has 0 radical (unpaired) electrons. The minimum Gasteiger partial charge on any atom is -0.251 e. The van der Waals surface area contributed by atoms with E-state index >= 15 is 0 Å². The van der Waals surface area contributed by atoms with Crippen LogP contribution in [0.2, 0.25) is 0 Å². The fourth-order valence-electron chi connectivity index (χ4n) is 2.22. The minimum absolute atomic E-state index is 0.737. The molecule has 0 fully saturated rings. The van der Waals surface area contributed by atoms with Crippen LogP contribution >= 0.6 is 11.7 Å². The average Bonchev–Trinajstić information content (AvgIpc) is 3.15. The molecule has 1 N–H and O–H groups in total. The van der Waals surface area contributed by atoms with Crippen molar-refractivity contribution in [3.8, 4) is 22.6 Å². The molecule has 0 saturated heterocycles. The lowest BCUT2D eigenvalue weighted by Gasteiger charge is -2.01. The summed E-state index contributed by atoms with van der Waals surface area (Å²) in [5, 5.41) is 11.2. The van der Waals surface area contributed by atoms with Crippen LogP contribution in [0.1, 0.15) is 5.69 Å². The number of nitrogens with zero attached hydrogens (tertiary/aromatic N) is 5. The predicted octanol–water partition coefficient (Wildman–Crippen LogP) is 2.85. The first kappa shape index (κ1) is 12.1. The Labute approximate surface area is 124 Å². The second-order valence-electron chi connectivity index (χ2n) is 4.65. The maximum atomic E-state index is 4.51. The first-order valence-corrected chi connectivity index (χ1v) is 7.12. The van der Waals surface area contributed by atoms with E-state index in [4.69, 9.17) is 0 Å². The Bertz CT molecular complexity index is 926. The number of aromatic nitrogens is 6. The number of H-pyrrole nitrogens is 1. The van der Waals surface area contributed by atoms with Crippen molar-refractivity contribution in [1.82, 2.24) is 29.1 Å². The van der Waals surface area contributed by atoms with Crippen LogP contribution in [0.15, 0.2) is 36.4 Å². The van der Waals surface area contributed by atoms with Gasteiger partial charge in [-0.25, -0.2) is 0 Å². The van der Waals surface area contributed by atoms with Gasteiger partial charge in [-0.1, -0.05) is 12.1 Å². The van der Waals surface area contributed by atoms with Crippen molar-refractivity contribution in [3.63, 3.8) is 0 Å². The Morgan fingerprint density at radius 3 is 2.71 bits per heavy atom. The number of hydrogen-bond donors (Lipinski definition) is 1. The van der Waals surface area contributed by atoms with Crippen molar-refractivity contribution in [2.45, 2.75) is 6.92 Å². The highest BCUT2D eigenvalue weighted by atomic mass is 32.1. The molecular formula is C14H10N6S. The molecule has 1 aromatic carbocycles. The van der Waals surface area contributed by atoms with Crippen LogP contribution in [-0.4, -0.2) is 29.1 Å². The number of rotatable bonds is 2. The predicted molar refractivity (Wildman–Crippen MR) is 80.8 cm³/mol. The van der Waals surface area contributed by atoms with Crippen LogP contribution in [0, 0.1) is 6.92 Å². The quantitative estimate of drug-likeness (QED) is 0.615. The zero-order valence-corrected chi connectivity index (χ0v) is 11.9. The average molecular weight is 294 g/mol. The van der Waals surface area contributed by atoms with Gasteiger partial charge in [0.05, 0.1) is 17.4 Å². The van der Waals surface area contributed by atoms with Crippen molar-refractivity contribution >= 4 is 22.8 Å². The van der Waals surface area contributed by atoms with Crippen molar-refractivity contribution < 1.29 is 0 Å². The van der Waals surface area contributed by atoms with Gasteiger partial charge in [0.2, 0.25) is 0 Å². The highest BCUT2D eigenvalue weighted by Crippen LogP contribution is 2.28. The molecular weight excluding hydrogens is 284 g/mol. The molecule has 3 aromatic heterocycles. The maximum absolute atomic E-state index is 4.51. The van der Waals surface area contributed by atoms with Gasteiger partial charge in [0, 0.05) is 11.3 Å². The molecule has 0 amide bonds. The number of aryl methyl sites for hydroxylation is 1. The molecule has 7 heteroatoms. The molecule has 0 spiro atoms. The molecule has 0 saturated carbocycles. The van der Waals surface area contributed by atoms with E-state index in [0.29, 0.717) is 0 Å². The summed E-state index contributed by atoms with van der Waals surface area (Å²) < 4.78 is 8.47. The van der Waals surface area contributed by atoms with Crippen molar-refractivity contribution in [3.05, 3.63) is 42.1 Å². The van der Waals surface area contributed by atoms with Gasteiger partial charge in [0.15, 0.2) is 0 Å². The summed E-state index contributed by atoms with van der Waals surface area (Å²) in [6.45, 7) is 1.95. The Balaban J connectivity index is 1.88. The van der Waals surface area contributed by atoms with Gasteiger partial charge < -0.3 is 0 Å². The highest BCUT2D eigenvalue weighted by Gasteiger charge is 2.14. The second kappa shape index (κ2) is 4.71. The van der Waals surface area contributed by atoms with Crippen LogP contribution in [0.3, 0.4) is 0 Å².